The van der Waals surface area contributed by atoms with Crippen LogP contribution in [0.4, 0.5) is 0 Å². The van der Waals surface area contributed by atoms with E-state index in [4.69, 9.17) is 0 Å². The molecule has 0 aromatic heterocycles. The summed E-state index contributed by atoms with van der Waals surface area (Å²) in [5.41, 5.74) is 3.00. The Labute approximate surface area is 175 Å². The van der Waals surface area contributed by atoms with Crippen molar-refractivity contribution >= 4 is 6.29 Å². The van der Waals surface area contributed by atoms with E-state index in [1.54, 1.807) is 0 Å². The fraction of sp³-hybridized carbons (Fsp3) is 0.731. The van der Waals surface area contributed by atoms with Crippen LogP contribution in [-0.4, -0.2) is 43.4 Å². The van der Waals surface area contributed by atoms with Gasteiger partial charge in [0.05, 0.1) is 0 Å². The molecule has 1 N–H and O–H groups in total. The van der Waals surface area contributed by atoms with Gasteiger partial charge < -0.3 is 15.0 Å². The lowest BCUT2D eigenvalue weighted by Crippen LogP contribution is -2.61. The minimum atomic E-state index is 0.0318. The quantitative estimate of drug-likeness (QED) is 0.767. The number of hydrogen-bond acceptors (Lipinski definition) is 3. The summed E-state index contributed by atoms with van der Waals surface area (Å²) < 4.78 is 0. The molecule has 2 aliphatic heterocycles. The number of benzene rings is 1. The minimum Gasteiger partial charge on any atom is -0.311 e. The second-order valence-electron chi connectivity index (χ2n) is 11.6. The molecule has 5 unspecified atom stereocenters. The Morgan fingerprint density at radius 1 is 1.03 bits per heavy atom. The second kappa shape index (κ2) is 6.17. The predicted molar refractivity (Wildman–Crippen MR) is 116 cm³/mol. The van der Waals surface area contributed by atoms with Crippen molar-refractivity contribution in [1.82, 2.24) is 10.2 Å². The molecule has 2 saturated heterocycles. The summed E-state index contributed by atoms with van der Waals surface area (Å²) in [5.74, 6) is 1.76. The van der Waals surface area contributed by atoms with Gasteiger partial charge in [-0.3, -0.25) is 0 Å². The maximum atomic E-state index is 11.8. The number of carbonyl (C=O) groups is 1. The highest BCUT2D eigenvalue weighted by molar-refractivity contribution is 5.64. The van der Waals surface area contributed by atoms with Crippen LogP contribution in [0.5, 0.6) is 0 Å². The maximum Gasteiger partial charge on any atom is 0.126 e. The summed E-state index contributed by atoms with van der Waals surface area (Å²) in [6.45, 7) is 3.82. The minimum absolute atomic E-state index is 0.0318. The summed E-state index contributed by atoms with van der Waals surface area (Å²) in [6, 6.07) is 11.1. The number of aldehydes is 1. The van der Waals surface area contributed by atoms with Crippen molar-refractivity contribution < 1.29 is 4.79 Å². The van der Waals surface area contributed by atoms with E-state index in [-0.39, 0.29) is 5.41 Å². The number of hydrogen-bond donors (Lipinski definition) is 1. The van der Waals surface area contributed by atoms with E-state index < -0.39 is 0 Å². The number of fused-ring (bicyclic) bond motifs is 2. The van der Waals surface area contributed by atoms with Gasteiger partial charge in [0, 0.05) is 16.4 Å². The third-order valence-corrected chi connectivity index (χ3v) is 10.2. The van der Waals surface area contributed by atoms with Crippen molar-refractivity contribution in [3.8, 4) is 0 Å². The van der Waals surface area contributed by atoms with Crippen LogP contribution in [0.2, 0.25) is 0 Å². The molecule has 3 heteroatoms. The van der Waals surface area contributed by atoms with E-state index >= 15 is 0 Å². The van der Waals surface area contributed by atoms with Crippen LogP contribution in [0, 0.1) is 22.7 Å². The SMILES string of the molecule is CN1CCC2(CCN2)CC1.O=CC12CC3CC4CC(c5ccccc5)(C1)C4(C3)C2. The predicted octanol–water partition coefficient (Wildman–Crippen LogP) is 4.17. The number of likely N-dealkylation sites (tertiary alicyclic amines) is 1. The highest BCUT2D eigenvalue weighted by Gasteiger charge is 2.78. The zero-order chi connectivity index (χ0) is 19.7. The van der Waals surface area contributed by atoms with Crippen molar-refractivity contribution in [2.45, 2.75) is 68.7 Å². The first-order valence-corrected chi connectivity index (χ1v) is 12.0. The molecule has 4 aliphatic carbocycles. The normalized spacial score (nSPS) is 45.7. The number of rotatable bonds is 2. The molecule has 6 fully saturated rings. The van der Waals surface area contributed by atoms with Gasteiger partial charge in [0.25, 0.3) is 0 Å². The largest absolute Gasteiger partial charge is 0.311 e. The molecule has 29 heavy (non-hydrogen) atoms. The Hall–Kier alpha value is -1.19. The molecule has 156 valence electrons. The van der Waals surface area contributed by atoms with Crippen LogP contribution in [0.1, 0.15) is 63.4 Å². The first-order chi connectivity index (χ1) is 14.0. The lowest BCUT2D eigenvalue weighted by atomic mass is 9.44. The highest BCUT2D eigenvalue weighted by atomic mass is 16.1. The van der Waals surface area contributed by atoms with E-state index in [2.05, 4.69) is 47.6 Å². The van der Waals surface area contributed by atoms with Crippen molar-refractivity contribution in [2.24, 2.45) is 22.7 Å². The second-order valence-corrected chi connectivity index (χ2v) is 11.6. The van der Waals surface area contributed by atoms with Crippen LogP contribution < -0.4 is 5.32 Å². The topological polar surface area (TPSA) is 32.3 Å². The van der Waals surface area contributed by atoms with E-state index in [0.29, 0.717) is 16.4 Å². The van der Waals surface area contributed by atoms with Crippen LogP contribution in [0.3, 0.4) is 0 Å². The van der Waals surface area contributed by atoms with Gasteiger partial charge in [0.2, 0.25) is 0 Å². The third-order valence-electron chi connectivity index (χ3n) is 10.2. The molecule has 2 heterocycles. The molecule has 4 saturated carbocycles. The van der Waals surface area contributed by atoms with Gasteiger partial charge in [0.15, 0.2) is 0 Å². The lowest BCUT2D eigenvalue weighted by Gasteiger charge is -2.59. The highest BCUT2D eigenvalue weighted by Crippen LogP contribution is 2.83. The molecule has 6 aliphatic rings. The Morgan fingerprint density at radius 3 is 2.45 bits per heavy atom. The zero-order valence-corrected chi connectivity index (χ0v) is 18.0. The third kappa shape index (κ3) is 2.47. The number of carbonyl (C=O) groups excluding carboxylic acids is 1. The molecule has 0 radical (unpaired) electrons. The Morgan fingerprint density at radius 2 is 1.79 bits per heavy atom. The monoisotopic (exact) mass is 392 g/mol. The standard InChI is InChI=1S/C18H20O.C8H16N2/c19-12-16-7-13-6-15-9-18(11-16,17(15,8-13)10-16)14-4-2-1-3-5-14;1-10-6-3-8(4-7-10)2-5-9-8/h1-5,12-13,15H,6-11H2;9H,2-7H2,1H3. The van der Waals surface area contributed by atoms with Gasteiger partial charge in [0.1, 0.15) is 6.29 Å². The summed E-state index contributed by atoms with van der Waals surface area (Å²) >= 11 is 0. The van der Waals surface area contributed by atoms with Gasteiger partial charge in [-0.2, -0.15) is 0 Å². The summed E-state index contributed by atoms with van der Waals surface area (Å²) in [7, 11) is 2.21. The molecule has 3 bridgehead atoms. The van der Waals surface area contributed by atoms with Crippen molar-refractivity contribution in [3.63, 3.8) is 0 Å². The van der Waals surface area contributed by atoms with Crippen LogP contribution in [-0.2, 0) is 10.2 Å². The van der Waals surface area contributed by atoms with Gasteiger partial charge in [-0.15, -0.1) is 0 Å². The molecule has 1 aromatic rings. The molecule has 2 spiro atoms. The summed E-state index contributed by atoms with van der Waals surface area (Å²) in [5, 5.41) is 3.55. The zero-order valence-electron chi connectivity index (χ0n) is 18.0. The fourth-order valence-electron chi connectivity index (χ4n) is 8.90. The average molecular weight is 393 g/mol. The van der Waals surface area contributed by atoms with Gasteiger partial charge in [-0.05, 0) is 107 Å². The number of nitrogens with zero attached hydrogens (tertiary/aromatic N) is 1. The van der Waals surface area contributed by atoms with Crippen molar-refractivity contribution in [1.29, 1.82) is 0 Å². The van der Waals surface area contributed by atoms with Crippen molar-refractivity contribution in [3.05, 3.63) is 35.9 Å². The van der Waals surface area contributed by atoms with E-state index in [1.807, 2.05) is 0 Å². The molecular formula is C26H36N2O. The average Bonchev–Trinajstić information content (AvgIpc) is 3.03. The molecule has 0 amide bonds. The molecule has 1 aromatic carbocycles. The van der Waals surface area contributed by atoms with E-state index in [1.165, 1.54) is 82.9 Å². The van der Waals surface area contributed by atoms with Crippen LogP contribution in [0.15, 0.2) is 30.3 Å². The summed E-state index contributed by atoms with van der Waals surface area (Å²) in [4.78, 5) is 14.2. The molecule has 3 nitrogen and oxygen atoms in total. The van der Waals surface area contributed by atoms with Gasteiger partial charge in [-0.1, -0.05) is 30.3 Å². The number of nitrogens with one attached hydrogen (secondary N) is 1. The molecular weight excluding hydrogens is 356 g/mol. The fourth-order valence-corrected chi connectivity index (χ4v) is 8.90. The maximum absolute atomic E-state index is 11.8. The Balaban J connectivity index is 0.000000140. The van der Waals surface area contributed by atoms with E-state index in [0.717, 1.165) is 18.3 Å². The van der Waals surface area contributed by atoms with Crippen LogP contribution in [0.25, 0.3) is 0 Å². The first-order valence-electron chi connectivity index (χ1n) is 12.0. The Kier molecular flexibility index (Phi) is 3.95. The van der Waals surface area contributed by atoms with Crippen LogP contribution >= 0.6 is 0 Å². The number of piperidine rings is 1. The van der Waals surface area contributed by atoms with E-state index in [9.17, 15) is 4.79 Å². The first kappa shape index (κ1) is 18.6. The summed E-state index contributed by atoms with van der Waals surface area (Å²) in [6.07, 6.45) is 13.2. The molecule has 5 atom stereocenters. The lowest BCUT2D eigenvalue weighted by molar-refractivity contribution is -0.118. The smallest absolute Gasteiger partial charge is 0.126 e. The van der Waals surface area contributed by atoms with Crippen molar-refractivity contribution in [2.75, 3.05) is 26.7 Å². The molecule has 7 rings (SSSR count). The van der Waals surface area contributed by atoms with Gasteiger partial charge >= 0.3 is 0 Å². The van der Waals surface area contributed by atoms with Gasteiger partial charge in [-0.25, -0.2) is 0 Å². The Bertz CT molecular complexity index is 794.